The highest BCUT2D eigenvalue weighted by molar-refractivity contribution is 7.16. The average molecular weight is 233 g/mol. The quantitative estimate of drug-likeness (QED) is 0.587. The molecule has 82 valence electrons. The molecule has 0 saturated heterocycles. The molecule has 0 saturated carbocycles. The van der Waals surface area contributed by atoms with E-state index in [1.54, 1.807) is 11.3 Å². The first kappa shape index (κ1) is 10.9. The Balaban J connectivity index is 1.92. The number of hydrogen-bond acceptors (Lipinski definition) is 3. The molecule has 4 heteroatoms. The Bertz CT molecular complexity index is 501. The van der Waals surface area contributed by atoms with Crippen LogP contribution in [0.25, 0.3) is 10.2 Å². The van der Waals surface area contributed by atoms with E-state index in [9.17, 15) is 0 Å². The maximum absolute atomic E-state index is 8.40. The number of aromatic nitrogens is 1. The van der Waals surface area contributed by atoms with Crippen molar-refractivity contribution in [2.45, 2.75) is 19.3 Å². The Hall–Kier alpha value is -1.60. The van der Waals surface area contributed by atoms with Gasteiger partial charge in [0.2, 0.25) is 0 Å². The summed E-state index contributed by atoms with van der Waals surface area (Å²) in [6.07, 6.45) is 2.43. The molecule has 0 atom stereocenters. The zero-order valence-electron chi connectivity index (χ0n) is 8.93. The Morgan fingerprint density at radius 2 is 2.19 bits per heavy atom. The van der Waals surface area contributed by atoms with Crippen LogP contribution in [0.1, 0.15) is 19.3 Å². The second-order valence-electron chi connectivity index (χ2n) is 3.47. The van der Waals surface area contributed by atoms with Gasteiger partial charge in [0.15, 0.2) is 6.61 Å². The summed E-state index contributed by atoms with van der Waals surface area (Å²) in [4.78, 5) is 5.62. The third kappa shape index (κ3) is 2.50. The van der Waals surface area contributed by atoms with E-state index in [4.69, 9.17) is 10.1 Å². The molecular formula is C12H13N2OS+. The number of para-hydroxylation sites is 1. The van der Waals surface area contributed by atoms with Crippen LogP contribution in [0.4, 0.5) is 0 Å². The van der Waals surface area contributed by atoms with E-state index in [0.717, 1.165) is 18.4 Å². The van der Waals surface area contributed by atoms with E-state index in [2.05, 4.69) is 12.1 Å². The van der Waals surface area contributed by atoms with Crippen molar-refractivity contribution in [2.75, 3.05) is 6.61 Å². The molecule has 0 bridgehead atoms. The Morgan fingerprint density at radius 3 is 3.06 bits per heavy atom. The Labute approximate surface area is 98.5 Å². The van der Waals surface area contributed by atoms with E-state index < -0.39 is 0 Å². The highest BCUT2D eigenvalue weighted by Crippen LogP contribution is 2.14. The third-order valence-corrected chi connectivity index (χ3v) is 3.19. The van der Waals surface area contributed by atoms with Crippen LogP contribution in [0.5, 0.6) is 0 Å². The van der Waals surface area contributed by atoms with E-state index in [-0.39, 0.29) is 0 Å². The summed E-state index contributed by atoms with van der Waals surface area (Å²) >= 11 is 1.67. The van der Waals surface area contributed by atoms with Gasteiger partial charge in [0.05, 0.1) is 6.07 Å². The zero-order valence-corrected chi connectivity index (χ0v) is 9.74. The van der Waals surface area contributed by atoms with E-state index >= 15 is 0 Å². The number of nitriles is 1. The molecule has 2 aromatic rings. The normalized spacial score (nSPS) is 10.2. The average Bonchev–Trinajstić information content (AvgIpc) is 2.73. The first-order valence-corrected chi connectivity index (χ1v) is 6.18. The summed E-state index contributed by atoms with van der Waals surface area (Å²) in [5.74, 6) is 0. The van der Waals surface area contributed by atoms with Crippen LogP contribution < -0.4 is 9.57 Å². The van der Waals surface area contributed by atoms with Gasteiger partial charge in [-0.2, -0.15) is 5.26 Å². The van der Waals surface area contributed by atoms with E-state index in [1.807, 2.05) is 28.4 Å². The number of rotatable bonds is 5. The fourth-order valence-corrected chi connectivity index (χ4v) is 2.29. The van der Waals surface area contributed by atoms with Gasteiger partial charge in [0.1, 0.15) is 4.70 Å². The summed E-state index contributed by atoms with van der Waals surface area (Å²) in [6.45, 7) is 0.660. The number of thiazole rings is 1. The van der Waals surface area contributed by atoms with Gasteiger partial charge in [-0.25, -0.2) is 0 Å². The number of fused-ring (bicyclic) bond motifs is 1. The monoisotopic (exact) mass is 233 g/mol. The number of benzene rings is 1. The van der Waals surface area contributed by atoms with E-state index in [0.29, 0.717) is 13.0 Å². The summed E-state index contributed by atoms with van der Waals surface area (Å²) in [6, 6.07) is 10.3. The van der Waals surface area contributed by atoms with E-state index in [1.165, 1.54) is 4.70 Å². The van der Waals surface area contributed by atoms with Crippen LogP contribution in [0.2, 0.25) is 0 Å². The molecule has 1 aromatic heterocycles. The van der Waals surface area contributed by atoms with Crippen molar-refractivity contribution < 1.29 is 9.57 Å². The standard InChI is InChI=1S/C12H13N2OS/c13-8-4-1-5-9-15-14-10-16-12-7-3-2-6-11(12)14/h2-3,6-7,10H,1,4-5,9H2/q+1. The van der Waals surface area contributed by atoms with Crippen molar-refractivity contribution in [1.29, 1.82) is 5.26 Å². The second kappa shape index (κ2) is 5.47. The molecule has 1 heterocycles. The Morgan fingerprint density at radius 1 is 1.31 bits per heavy atom. The molecule has 0 aliphatic carbocycles. The maximum atomic E-state index is 8.40. The highest BCUT2D eigenvalue weighted by atomic mass is 32.1. The predicted molar refractivity (Wildman–Crippen MR) is 62.9 cm³/mol. The largest absolute Gasteiger partial charge is 0.278 e. The van der Waals surface area contributed by atoms with Gasteiger partial charge in [-0.3, -0.25) is 4.84 Å². The summed E-state index contributed by atoms with van der Waals surface area (Å²) in [5.41, 5.74) is 3.07. The number of hydrogen-bond donors (Lipinski definition) is 0. The molecule has 0 fully saturated rings. The lowest BCUT2D eigenvalue weighted by atomic mass is 10.3. The molecule has 2 rings (SSSR count). The minimum absolute atomic E-state index is 0.610. The number of unbranched alkanes of at least 4 members (excludes halogenated alkanes) is 2. The molecule has 0 unspecified atom stereocenters. The van der Waals surface area contributed by atoms with Crippen LogP contribution in [0.15, 0.2) is 29.8 Å². The molecule has 0 aliphatic rings. The third-order valence-electron chi connectivity index (χ3n) is 2.29. The molecule has 3 nitrogen and oxygen atoms in total. The van der Waals surface area contributed by atoms with Crippen LogP contribution >= 0.6 is 11.3 Å². The molecule has 0 N–H and O–H groups in total. The lowest BCUT2D eigenvalue weighted by Crippen LogP contribution is -2.41. The molecule has 1 aromatic carbocycles. The SMILES string of the molecule is N#CCCCCO[n+]1csc2ccccc21. The van der Waals surface area contributed by atoms with Crippen LogP contribution in [0, 0.1) is 11.3 Å². The van der Waals surface area contributed by atoms with Crippen LogP contribution in [0.3, 0.4) is 0 Å². The molecule has 0 spiro atoms. The fourth-order valence-electron chi connectivity index (χ4n) is 1.47. The van der Waals surface area contributed by atoms with Crippen molar-refractivity contribution in [3.63, 3.8) is 0 Å². The Kier molecular flexibility index (Phi) is 3.73. The molecule has 0 radical (unpaired) electrons. The molecule has 0 aliphatic heterocycles. The first-order valence-electron chi connectivity index (χ1n) is 5.30. The minimum atomic E-state index is 0.610. The summed E-state index contributed by atoms with van der Waals surface area (Å²) < 4.78 is 3.03. The predicted octanol–water partition coefficient (Wildman–Crippen LogP) is 2.31. The van der Waals surface area contributed by atoms with Crippen LogP contribution in [-0.2, 0) is 0 Å². The van der Waals surface area contributed by atoms with Gasteiger partial charge in [0, 0.05) is 17.2 Å². The molecule has 16 heavy (non-hydrogen) atoms. The molecule has 0 amide bonds. The van der Waals surface area contributed by atoms with Crippen molar-refractivity contribution in [3.8, 4) is 6.07 Å². The topological polar surface area (TPSA) is 36.9 Å². The van der Waals surface area contributed by atoms with Gasteiger partial charge in [-0.1, -0.05) is 23.5 Å². The smallest absolute Gasteiger partial charge is 0.270 e. The summed E-state index contributed by atoms with van der Waals surface area (Å²) in [5, 5.41) is 8.40. The minimum Gasteiger partial charge on any atom is -0.270 e. The van der Waals surface area contributed by atoms with Gasteiger partial charge in [-0.15, -0.1) is 0 Å². The fraction of sp³-hybridized carbons (Fsp3) is 0.333. The second-order valence-corrected chi connectivity index (χ2v) is 4.35. The van der Waals surface area contributed by atoms with Gasteiger partial charge < -0.3 is 0 Å². The summed E-state index contributed by atoms with van der Waals surface area (Å²) in [7, 11) is 0. The van der Waals surface area contributed by atoms with Crippen molar-refractivity contribution in [3.05, 3.63) is 29.8 Å². The number of nitrogens with zero attached hydrogens (tertiary/aromatic N) is 2. The lowest BCUT2D eigenvalue weighted by molar-refractivity contribution is -0.868. The van der Waals surface area contributed by atoms with Crippen molar-refractivity contribution in [1.82, 2.24) is 0 Å². The first-order chi connectivity index (χ1) is 7.92. The van der Waals surface area contributed by atoms with Crippen LogP contribution in [-0.4, -0.2) is 6.61 Å². The zero-order chi connectivity index (χ0) is 11.2. The van der Waals surface area contributed by atoms with Crippen molar-refractivity contribution >= 4 is 21.6 Å². The lowest BCUT2D eigenvalue weighted by Gasteiger charge is -1.95. The van der Waals surface area contributed by atoms with Gasteiger partial charge >= 0.3 is 0 Å². The highest BCUT2D eigenvalue weighted by Gasteiger charge is 2.11. The maximum Gasteiger partial charge on any atom is 0.278 e. The van der Waals surface area contributed by atoms with Gasteiger partial charge in [0.25, 0.3) is 11.0 Å². The van der Waals surface area contributed by atoms with Crippen molar-refractivity contribution in [2.24, 2.45) is 0 Å². The van der Waals surface area contributed by atoms with Gasteiger partial charge in [-0.05, 0) is 18.9 Å². The molecular weight excluding hydrogens is 220 g/mol.